The van der Waals surface area contributed by atoms with Gasteiger partial charge < -0.3 is 43.9 Å². The molecule has 0 aliphatic heterocycles. The van der Waals surface area contributed by atoms with E-state index in [-0.39, 0.29) is 44.4 Å². The fraction of sp³-hybridized carbons (Fsp3) is 0.429. The Morgan fingerprint density at radius 2 is 2.00 bits per heavy atom. The molecule has 0 aromatic rings. The summed E-state index contributed by atoms with van der Waals surface area (Å²) in [4.78, 5) is 10.2. The summed E-state index contributed by atoms with van der Waals surface area (Å²) in [5.74, 6) is -0.174. The van der Waals surface area contributed by atoms with E-state index in [0.29, 0.717) is 0 Å². The van der Waals surface area contributed by atoms with Gasteiger partial charge in [0.1, 0.15) is 0 Å². The van der Waals surface area contributed by atoms with Crippen molar-refractivity contribution in [2.24, 2.45) is 0 Å². The van der Waals surface area contributed by atoms with E-state index in [9.17, 15) is 4.79 Å². The summed E-state index contributed by atoms with van der Waals surface area (Å²) < 4.78 is 4.61. The topological polar surface area (TPSA) is 26.3 Å². The van der Waals surface area contributed by atoms with Crippen LogP contribution in [0.1, 0.15) is 6.42 Å². The summed E-state index contributed by atoms with van der Waals surface area (Å²) in [5.41, 5.74) is -0.403. The molecule has 66 valence electrons. The first-order valence-electron chi connectivity index (χ1n) is 2.20. The number of rotatable bonds is 3. The maximum Gasteiger partial charge on any atom is 4.00 e. The fourth-order valence-electron chi connectivity index (χ4n) is 0.269. The molecule has 0 heterocycles. The van der Waals surface area contributed by atoms with Gasteiger partial charge in [-0.25, -0.2) is 0 Å². The summed E-state index contributed by atoms with van der Waals surface area (Å²) in [5, 5.41) is 0. The zero-order chi connectivity index (χ0) is 6.57. The van der Waals surface area contributed by atoms with Crippen LogP contribution in [0.4, 0.5) is 0 Å². The van der Waals surface area contributed by atoms with Crippen LogP contribution < -0.4 is 0 Å². The van der Waals surface area contributed by atoms with Gasteiger partial charge >= 0.3 is 17.4 Å². The van der Waals surface area contributed by atoms with Crippen molar-refractivity contribution >= 4 is 18.4 Å². The summed E-state index contributed by atoms with van der Waals surface area (Å²) in [6.45, 7) is 3.14. The third-order valence-electron chi connectivity index (χ3n) is 0.657. The van der Waals surface area contributed by atoms with E-state index in [1.807, 2.05) is 0 Å². The number of ketones is 1. The third-order valence-corrected chi connectivity index (χ3v) is 1.02. The molecule has 1 atom stereocenters. The Morgan fingerprint density at radius 3 is 2.09 bits per heavy atom. The minimum atomic E-state index is -0.403. The van der Waals surface area contributed by atoms with Crippen LogP contribution in [0.25, 0.3) is 0 Å². The van der Waals surface area contributed by atoms with E-state index < -0.39 is 5.44 Å². The number of ether oxygens (including phenoxy) is 1. The number of carbonyl (C=O) groups excluding carboxylic acids is 1. The van der Waals surface area contributed by atoms with E-state index in [1.54, 1.807) is 0 Å². The van der Waals surface area contributed by atoms with Crippen molar-refractivity contribution in [1.29, 1.82) is 0 Å². The van der Waals surface area contributed by atoms with Crippen LogP contribution in [-0.2, 0) is 39.5 Å². The van der Waals surface area contributed by atoms with E-state index in [2.05, 4.69) is 24.3 Å². The molecule has 4 heteroatoms. The molecule has 11 heavy (non-hydrogen) atoms. The van der Waals surface area contributed by atoms with Crippen molar-refractivity contribution in [2.45, 2.75) is 11.9 Å². The first kappa shape index (κ1) is 22.5. The molecule has 0 aromatic heterocycles. The zero-order valence-corrected chi connectivity index (χ0v) is 9.22. The van der Waals surface area contributed by atoms with Crippen LogP contribution in [0.15, 0.2) is 0 Å². The van der Waals surface area contributed by atoms with Crippen molar-refractivity contribution < 1.29 is 26.9 Å². The first-order chi connectivity index (χ1) is 3.66. The smallest absolute Gasteiger partial charge is 0.761 e. The molecule has 0 spiro atoms. The van der Waals surface area contributed by atoms with Gasteiger partial charge in [0.2, 0.25) is 0 Å². The maximum absolute atomic E-state index is 10.2. The average molecular weight is 214 g/mol. The van der Waals surface area contributed by atoms with E-state index >= 15 is 0 Å². The van der Waals surface area contributed by atoms with Crippen LogP contribution in [0, 0.1) is 21.8 Å². The van der Waals surface area contributed by atoms with Gasteiger partial charge in [-0.2, -0.15) is 0 Å². The zero-order valence-electron chi connectivity index (χ0n) is 7.12. The predicted molar refractivity (Wildman–Crippen MR) is 46.0 cm³/mol. The fourth-order valence-corrected chi connectivity index (χ4v) is 0.455. The second kappa shape index (κ2) is 13.0. The van der Waals surface area contributed by atoms with Crippen molar-refractivity contribution in [1.82, 2.24) is 0 Å². The van der Waals surface area contributed by atoms with E-state index in [0.717, 1.165) is 0 Å². The molecule has 0 rings (SSSR count). The Morgan fingerprint density at radius 1 is 1.64 bits per heavy atom. The number of carbonyl (C=O) groups is 1. The molecule has 0 aliphatic carbocycles. The Hall–Kier alpha value is 0.382. The van der Waals surface area contributed by atoms with E-state index in [1.165, 1.54) is 7.11 Å². The van der Waals surface area contributed by atoms with Gasteiger partial charge in [0.25, 0.3) is 0 Å². The molecule has 0 aliphatic rings. The normalized spacial score (nSPS) is 9.64. The number of methoxy groups -OCH3 is 1. The Labute approximate surface area is 86.2 Å². The molecule has 0 N–H and O–H groups in total. The molecule has 0 fully saturated rings. The Balaban J connectivity index is -0.0000000817. The molecule has 1 unspecified atom stereocenters. The average Bonchev–Trinajstić information content (AvgIpc) is 1.65. The maximum atomic E-state index is 10.2. The first-order valence-corrected chi connectivity index (χ1v) is 2.67. The van der Waals surface area contributed by atoms with Crippen LogP contribution in [0.3, 0.4) is 0 Å². The molecule has 0 radical (unpaired) electrons. The van der Waals surface area contributed by atoms with Crippen LogP contribution in [-0.4, -0.2) is 18.3 Å². The van der Waals surface area contributed by atoms with Crippen molar-refractivity contribution in [3.8, 4) is 0 Å². The third kappa shape index (κ3) is 17.9. The SMILES string of the molecule is [CH2-]C(=O)CC([S-])OC.[CH3-].[CH3-].[Cr+4]. The Bertz CT molecular complexity index is 88.5. The van der Waals surface area contributed by atoms with Gasteiger partial charge in [0.15, 0.2) is 0 Å². The largest absolute Gasteiger partial charge is 4.00 e. The van der Waals surface area contributed by atoms with Gasteiger partial charge in [0, 0.05) is 7.11 Å². The summed E-state index contributed by atoms with van der Waals surface area (Å²) in [6, 6.07) is 0. The molecule has 0 bridgehead atoms. The number of hydrogen-bond donors (Lipinski definition) is 0. The minimum Gasteiger partial charge on any atom is -0.761 e. The summed E-state index contributed by atoms with van der Waals surface area (Å²) >= 11 is 4.63. The monoisotopic (exact) mass is 214 g/mol. The van der Waals surface area contributed by atoms with Crippen molar-refractivity contribution in [3.05, 3.63) is 21.8 Å². The molecule has 0 amide bonds. The molecule has 0 saturated heterocycles. The molecule has 0 aromatic carbocycles. The molecular weight excluding hydrogens is 200 g/mol. The minimum absolute atomic E-state index is 0. The molecule has 0 saturated carbocycles. The second-order valence-electron chi connectivity index (χ2n) is 1.41. The summed E-state index contributed by atoms with van der Waals surface area (Å²) in [6.07, 6.45) is 0.228. The van der Waals surface area contributed by atoms with Gasteiger partial charge in [-0.05, 0) is 12.2 Å². The molecular formula is C7H14CrO2S. The van der Waals surface area contributed by atoms with Gasteiger partial charge in [-0.15, -0.1) is 0 Å². The summed E-state index contributed by atoms with van der Waals surface area (Å²) in [7, 11) is 1.47. The second-order valence-corrected chi connectivity index (χ2v) is 1.93. The van der Waals surface area contributed by atoms with Crippen molar-refractivity contribution in [3.63, 3.8) is 0 Å². The quantitative estimate of drug-likeness (QED) is 0.521. The van der Waals surface area contributed by atoms with E-state index in [4.69, 9.17) is 0 Å². The predicted octanol–water partition coefficient (Wildman–Crippen LogP) is 1.20. The van der Waals surface area contributed by atoms with Crippen LogP contribution >= 0.6 is 0 Å². The Kier molecular flexibility index (Phi) is 26.6. The standard InChI is InChI=1S/C5H9O2S.2CH3.Cr/c1-4(6)3-5(8)7-2;;;/h5,8H,1,3H2,2H3;2*1H3;/q3*-1;+4/p-1. The van der Waals surface area contributed by atoms with Crippen molar-refractivity contribution in [2.75, 3.05) is 7.11 Å². The van der Waals surface area contributed by atoms with Gasteiger partial charge in [0.05, 0.1) is 0 Å². The van der Waals surface area contributed by atoms with Gasteiger partial charge in [-0.3, -0.25) is 0 Å². The van der Waals surface area contributed by atoms with Gasteiger partial charge in [-0.1, -0.05) is 5.44 Å². The van der Waals surface area contributed by atoms with Crippen LogP contribution in [0.5, 0.6) is 0 Å². The number of hydrogen-bond acceptors (Lipinski definition) is 3. The number of Topliss-reactive ketones (excluding diaryl/α,β-unsaturated/α-hetero) is 1. The van der Waals surface area contributed by atoms with Crippen LogP contribution in [0.2, 0.25) is 0 Å². The molecule has 2 nitrogen and oxygen atoms in total.